The highest BCUT2D eigenvalue weighted by Gasteiger charge is 2.62. The Morgan fingerprint density at radius 3 is 2.34 bits per heavy atom. The molecule has 0 aromatic heterocycles. The molecule has 1 amide bonds. The third-order valence-corrected chi connectivity index (χ3v) is 5.21. The van der Waals surface area contributed by atoms with Gasteiger partial charge >= 0.3 is 6.18 Å². The van der Waals surface area contributed by atoms with Gasteiger partial charge in [-0.3, -0.25) is 4.79 Å². The second-order valence-corrected chi connectivity index (χ2v) is 7.78. The van der Waals surface area contributed by atoms with Crippen molar-refractivity contribution in [2.24, 2.45) is 5.16 Å². The van der Waals surface area contributed by atoms with E-state index in [1.54, 1.807) is 12.1 Å². The molecule has 1 atom stereocenters. The Morgan fingerprint density at radius 1 is 1.14 bits per heavy atom. The van der Waals surface area contributed by atoms with E-state index in [9.17, 15) is 18.0 Å². The minimum absolute atomic E-state index is 0.00893. The number of nitrogens with one attached hydrogen (secondary N) is 1. The van der Waals surface area contributed by atoms with Gasteiger partial charge in [0.25, 0.3) is 11.5 Å². The van der Waals surface area contributed by atoms with E-state index < -0.39 is 18.2 Å². The van der Waals surface area contributed by atoms with Gasteiger partial charge in [-0.05, 0) is 43.7 Å². The fraction of sp³-hybridized carbons (Fsp3) is 0.300. The zero-order chi connectivity index (χ0) is 21.4. The van der Waals surface area contributed by atoms with Gasteiger partial charge in [0, 0.05) is 23.6 Å². The van der Waals surface area contributed by atoms with Crippen LogP contribution in [0, 0.1) is 0 Å². The van der Waals surface area contributed by atoms with Gasteiger partial charge < -0.3 is 10.2 Å². The summed E-state index contributed by atoms with van der Waals surface area (Å²) in [6.45, 7) is 3.66. The lowest BCUT2D eigenvalue weighted by Gasteiger charge is -2.29. The molecule has 0 aliphatic carbocycles. The predicted molar refractivity (Wildman–Crippen MR) is 105 cm³/mol. The number of alkyl halides is 3. The number of amides is 1. The summed E-state index contributed by atoms with van der Waals surface area (Å²) >= 11 is 11.7. The van der Waals surface area contributed by atoms with Crippen molar-refractivity contribution in [1.29, 1.82) is 0 Å². The Balaban J connectivity index is 1.88. The number of hydrogen-bond donors (Lipinski definition) is 1. The number of rotatable bonds is 4. The Labute approximate surface area is 175 Å². The number of nitrogens with zero attached hydrogens (tertiary/aromatic N) is 1. The summed E-state index contributed by atoms with van der Waals surface area (Å²) < 4.78 is 42.0. The average molecular weight is 445 g/mol. The fourth-order valence-corrected chi connectivity index (χ4v) is 3.26. The summed E-state index contributed by atoms with van der Waals surface area (Å²) in [6, 6.07) is 9.75. The molecule has 3 rings (SSSR count). The summed E-state index contributed by atoms with van der Waals surface area (Å²) in [5.74, 6) is -0.267. The van der Waals surface area contributed by atoms with Gasteiger partial charge in [0.2, 0.25) is 0 Å². The van der Waals surface area contributed by atoms with Crippen LogP contribution in [0.25, 0.3) is 0 Å². The number of carbonyl (C=O) groups excluding carboxylic acids is 1. The Bertz CT molecular complexity index is 959. The molecule has 9 heteroatoms. The summed E-state index contributed by atoms with van der Waals surface area (Å²) in [5.41, 5.74) is -1.91. The quantitative estimate of drug-likeness (QED) is 0.655. The van der Waals surface area contributed by atoms with Crippen LogP contribution < -0.4 is 5.32 Å². The monoisotopic (exact) mass is 444 g/mol. The van der Waals surface area contributed by atoms with Crippen LogP contribution >= 0.6 is 23.2 Å². The first kappa shape index (κ1) is 21.5. The second kappa shape index (κ2) is 7.88. The van der Waals surface area contributed by atoms with Crippen LogP contribution in [0.1, 0.15) is 41.8 Å². The maximum atomic E-state index is 14.0. The van der Waals surface area contributed by atoms with E-state index in [4.69, 9.17) is 28.0 Å². The van der Waals surface area contributed by atoms with Crippen molar-refractivity contribution in [1.82, 2.24) is 5.32 Å². The fourth-order valence-electron chi connectivity index (χ4n) is 2.97. The lowest BCUT2D eigenvalue weighted by Crippen LogP contribution is -2.42. The lowest BCUT2D eigenvalue weighted by atomic mass is 9.86. The molecule has 0 spiro atoms. The number of halogens is 5. The third-order valence-electron chi connectivity index (χ3n) is 4.47. The maximum absolute atomic E-state index is 14.0. The van der Waals surface area contributed by atoms with Crippen molar-refractivity contribution in [2.45, 2.75) is 38.1 Å². The highest BCUT2D eigenvalue weighted by molar-refractivity contribution is 6.42. The van der Waals surface area contributed by atoms with Crippen LogP contribution in [0.15, 0.2) is 47.6 Å². The molecular formula is C20H17Cl2F3N2O2. The highest BCUT2D eigenvalue weighted by atomic mass is 35.5. The van der Waals surface area contributed by atoms with Crippen molar-refractivity contribution in [3.8, 4) is 0 Å². The first-order valence-electron chi connectivity index (χ1n) is 8.72. The molecule has 2 aromatic rings. The Kier molecular flexibility index (Phi) is 5.83. The first-order chi connectivity index (χ1) is 13.5. The second-order valence-electron chi connectivity index (χ2n) is 6.97. The van der Waals surface area contributed by atoms with E-state index >= 15 is 0 Å². The number of benzene rings is 2. The molecule has 1 aliphatic heterocycles. The molecule has 1 N–H and O–H groups in total. The van der Waals surface area contributed by atoms with Crippen molar-refractivity contribution in [3.63, 3.8) is 0 Å². The standard InChI is InChI=1S/C20H17Cl2F3N2O2/c1-11(2)26-18(28)13-5-3-12(4-6-13)17-10-19(29-27-17,20(23,24)25)14-7-8-15(21)16(22)9-14/h3-9,11H,10H2,1-2H3,(H,26,28). The van der Waals surface area contributed by atoms with Crippen LogP contribution in [0.5, 0.6) is 0 Å². The summed E-state index contributed by atoms with van der Waals surface area (Å²) in [6.07, 6.45) is -5.28. The number of hydrogen-bond acceptors (Lipinski definition) is 3. The molecule has 0 fully saturated rings. The summed E-state index contributed by atoms with van der Waals surface area (Å²) in [7, 11) is 0. The SMILES string of the molecule is CC(C)NC(=O)c1ccc(C2=NOC(c3ccc(Cl)c(Cl)c3)(C(F)(F)F)C2)cc1. The Morgan fingerprint density at radius 2 is 1.79 bits per heavy atom. The highest BCUT2D eigenvalue weighted by Crippen LogP contribution is 2.49. The first-order valence-corrected chi connectivity index (χ1v) is 9.48. The predicted octanol–water partition coefficient (Wildman–Crippen LogP) is 5.71. The number of oxime groups is 1. The molecular weight excluding hydrogens is 428 g/mol. The van der Waals surface area contributed by atoms with Crippen LogP contribution in [0.4, 0.5) is 13.2 Å². The molecule has 1 unspecified atom stereocenters. The van der Waals surface area contributed by atoms with Gasteiger partial charge in [0.05, 0.1) is 15.8 Å². The van der Waals surface area contributed by atoms with Crippen LogP contribution in [-0.4, -0.2) is 23.8 Å². The van der Waals surface area contributed by atoms with E-state index in [0.29, 0.717) is 11.1 Å². The smallest absolute Gasteiger partial charge is 0.374 e. The molecule has 0 bridgehead atoms. The van der Waals surface area contributed by atoms with Gasteiger partial charge in [-0.25, -0.2) is 0 Å². The zero-order valence-electron chi connectivity index (χ0n) is 15.5. The molecule has 154 valence electrons. The normalized spacial score (nSPS) is 19.1. The van der Waals surface area contributed by atoms with Crippen molar-refractivity contribution in [2.75, 3.05) is 0 Å². The molecule has 4 nitrogen and oxygen atoms in total. The van der Waals surface area contributed by atoms with Crippen LogP contribution in [0.2, 0.25) is 10.0 Å². The molecule has 0 radical (unpaired) electrons. The van der Waals surface area contributed by atoms with Crippen LogP contribution in [-0.2, 0) is 10.4 Å². The van der Waals surface area contributed by atoms with Gasteiger partial charge in [-0.15, -0.1) is 0 Å². The Hall–Kier alpha value is -2.25. The van der Waals surface area contributed by atoms with Crippen LogP contribution in [0.3, 0.4) is 0 Å². The van der Waals surface area contributed by atoms with Gasteiger partial charge in [-0.1, -0.05) is 46.6 Å². The van der Waals surface area contributed by atoms with Gasteiger partial charge in [0.15, 0.2) is 0 Å². The van der Waals surface area contributed by atoms with Crippen molar-refractivity contribution >= 4 is 34.8 Å². The minimum Gasteiger partial charge on any atom is -0.374 e. The van der Waals surface area contributed by atoms with E-state index in [0.717, 1.165) is 6.07 Å². The minimum atomic E-state index is -4.74. The lowest BCUT2D eigenvalue weighted by molar-refractivity contribution is -0.275. The van der Waals surface area contributed by atoms with E-state index in [1.807, 2.05) is 13.8 Å². The molecule has 1 heterocycles. The molecule has 29 heavy (non-hydrogen) atoms. The van der Waals surface area contributed by atoms with E-state index in [-0.39, 0.29) is 33.3 Å². The third kappa shape index (κ3) is 4.21. The average Bonchev–Trinajstić information content (AvgIpc) is 3.10. The van der Waals surface area contributed by atoms with E-state index in [2.05, 4.69) is 10.5 Å². The molecule has 1 aliphatic rings. The van der Waals surface area contributed by atoms with Gasteiger partial charge in [-0.2, -0.15) is 13.2 Å². The maximum Gasteiger partial charge on any atom is 0.435 e. The zero-order valence-corrected chi connectivity index (χ0v) is 17.0. The van der Waals surface area contributed by atoms with E-state index in [1.165, 1.54) is 24.3 Å². The topological polar surface area (TPSA) is 50.7 Å². The molecule has 0 saturated heterocycles. The van der Waals surface area contributed by atoms with Crippen molar-refractivity contribution in [3.05, 3.63) is 69.2 Å². The summed E-state index contributed by atoms with van der Waals surface area (Å²) in [4.78, 5) is 17.0. The number of carbonyl (C=O) groups is 1. The molecule has 0 saturated carbocycles. The van der Waals surface area contributed by atoms with Crippen molar-refractivity contribution < 1.29 is 22.8 Å². The largest absolute Gasteiger partial charge is 0.435 e. The molecule has 2 aromatic carbocycles. The summed E-state index contributed by atoms with van der Waals surface area (Å²) in [5, 5.41) is 6.58. The van der Waals surface area contributed by atoms with Gasteiger partial charge in [0.1, 0.15) is 0 Å².